The number of rotatable bonds is 7. The Labute approximate surface area is 165 Å². The molecule has 1 unspecified atom stereocenters. The van der Waals surface area contributed by atoms with Gasteiger partial charge in [0.1, 0.15) is 11.5 Å². The molecule has 1 aliphatic rings. The number of fused-ring (bicyclic) bond motifs is 1. The molecule has 148 valence electrons. The number of carbonyl (C=O) groups is 2. The third-order valence-corrected chi connectivity index (χ3v) is 4.50. The first kappa shape index (κ1) is 19.7. The maximum absolute atomic E-state index is 12.4. The third-order valence-electron chi connectivity index (χ3n) is 4.50. The van der Waals surface area contributed by atoms with E-state index in [9.17, 15) is 9.59 Å². The summed E-state index contributed by atoms with van der Waals surface area (Å²) in [5, 5.41) is 2.91. The van der Waals surface area contributed by atoms with Gasteiger partial charge in [-0.05, 0) is 56.2 Å². The zero-order valence-electron chi connectivity index (χ0n) is 16.5. The van der Waals surface area contributed by atoms with E-state index < -0.39 is 6.10 Å². The quantitative estimate of drug-likeness (QED) is 0.791. The molecule has 1 aliphatic heterocycles. The Bertz CT molecular complexity index is 848. The fourth-order valence-electron chi connectivity index (χ4n) is 3.20. The van der Waals surface area contributed by atoms with Crippen molar-refractivity contribution in [2.75, 3.05) is 23.4 Å². The number of carbonyl (C=O) groups excluding carboxylic acids is 2. The highest BCUT2D eigenvalue weighted by Crippen LogP contribution is 2.36. The van der Waals surface area contributed by atoms with Crippen LogP contribution in [0.15, 0.2) is 42.5 Å². The van der Waals surface area contributed by atoms with Gasteiger partial charge in [-0.3, -0.25) is 9.59 Å². The molecular formula is C22H26N2O4. The molecule has 2 aromatic rings. The van der Waals surface area contributed by atoms with Crippen LogP contribution in [0.25, 0.3) is 0 Å². The van der Waals surface area contributed by atoms with Gasteiger partial charge in [0.2, 0.25) is 5.91 Å². The second-order valence-electron chi connectivity index (χ2n) is 6.73. The fraction of sp³-hybridized carbons (Fsp3) is 0.364. The van der Waals surface area contributed by atoms with Crippen molar-refractivity contribution in [3.63, 3.8) is 0 Å². The van der Waals surface area contributed by atoms with Crippen LogP contribution in [0.4, 0.5) is 11.4 Å². The molecule has 0 bridgehead atoms. The van der Waals surface area contributed by atoms with E-state index in [1.165, 1.54) is 0 Å². The van der Waals surface area contributed by atoms with Gasteiger partial charge < -0.3 is 19.7 Å². The Kier molecular flexibility index (Phi) is 6.19. The molecule has 0 saturated carbocycles. The zero-order chi connectivity index (χ0) is 20.1. The number of ether oxygens (including phenoxy) is 2. The first-order valence-electron chi connectivity index (χ1n) is 9.65. The number of hydrogen-bond acceptors (Lipinski definition) is 4. The summed E-state index contributed by atoms with van der Waals surface area (Å²) in [6, 6.07) is 12.9. The van der Waals surface area contributed by atoms with Crippen LogP contribution in [0, 0.1) is 0 Å². The van der Waals surface area contributed by atoms with Crippen LogP contribution in [-0.2, 0) is 16.0 Å². The van der Waals surface area contributed by atoms with Gasteiger partial charge in [-0.15, -0.1) is 0 Å². The lowest BCUT2D eigenvalue weighted by Gasteiger charge is -2.33. The normalized spacial score (nSPS) is 15.6. The molecule has 0 radical (unpaired) electrons. The van der Waals surface area contributed by atoms with E-state index >= 15 is 0 Å². The molecule has 1 heterocycles. The summed E-state index contributed by atoms with van der Waals surface area (Å²) < 4.78 is 11.1. The molecule has 0 aliphatic carbocycles. The van der Waals surface area contributed by atoms with Crippen molar-refractivity contribution in [2.24, 2.45) is 0 Å². The number of nitrogens with one attached hydrogen (secondary N) is 1. The smallest absolute Gasteiger partial charge is 0.267 e. The minimum Gasteiger partial charge on any atom is -0.494 e. The van der Waals surface area contributed by atoms with Crippen LogP contribution in [0.3, 0.4) is 0 Å². The second-order valence-corrected chi connectivity index (χ2v) is 6.73. The van der Waals surface area contributed by atoms with E-state index in [1.807, 2.05) is 38.1 Å². The van der Waals surface area contributed by atoms with Crippen molar-refractivity contribution in [1.82, 2.24) is 0 Å². The molecule has 28 heavy (non-hydrogen) atoms. The van der Waals surface area contributed by atoms with E-state index in [2.05, 4.69) is 5.32 Å². The number of amides is 2. The summed E-state index contributed by atoms with van der Waals surface area (Å²) in [7, 11) is 0. The maximum Gasteiger partial charge on any atom is 0.267 e. The third kappa shape index (κ3) is 4.44. The average Bonchev–Trinajstić information content (AvgIpc) is 2.67. The van der Waals surface area contributed by atoms with E-state index in [0.29, 0.717) is 30.3 Å². The summed E-state index contributed by atoms with van der Waals surface area (Å²) in [4.78, 5) is 26.6. The number of anilines is 2. The van der Waals surface area contributed by atoms with E-state index in [1.54, 1.807) is 30.0 Å². The maximum atomic E-state index is 12.4. The van der Waals surface area contributed by atoms with Crippen molar-refractivity contribution in [3.8, 4) is 11.5 Å². The Morgan fingerprint density at radius 2 is 1.93 bits per heavy atom. The number of nitrogens with zero attached hydrogens (tertiary/aromatic N) is 1. The summed E-state index contributed by atoms with van der Waals surface area (Å²) in [5.41, 5.74) is 2.24. The van der Waals surface area contributed by atoms with Crippen LogP contribution < -0.4 is 19.7 Å². The SMILES string of the molecule is CCCN1C(=O)C(C)Oc2ccc(NC(=O)Cc3ccc(OCC)cc3)cc21. The molecular weight excluding hydrogens is 356 g/mol. The van der Waals surface area contributed by atoms with Gasteiger partial charge in [0.05, 0.1) is 18.7 Å². The van der Waals surface area contributed by atoms with Crippen molar-refractivity contribution < 1.29 is 19.1 Å². The fourth-order valence-corrected chi connectivity index (χ4v) is 3.20. The van der Waals surface area contributed by atoms with E-state index in [0.717, 1.165) is 17.7 Å². The minimum absolute atomic E-state index is 0.0628. The van der Waals surface area contributed by atoms with Crippen molar-refractivity contribution in [2.45, 2.75) is 39.7 Å². The highest BCUT2D eigenvalue weighted by atomic mass is 16.5. The topological polar surface area (TPSA) is 67.9 Å². The molecule has 6 nitrogen and oxygen atoms in total. The van der Waals surface area contributed by atoms with Gasteiger partial charge in [-0.2, -0.15) is 0 Å². The van der Waals surface area contributed by atoms with Gasteiger partial charge in [0.25, 0.3) is 5.91 Å². The number of benzene rings is 2. The van der Waals surface area contributed by atoms with Crippen molar-refractivity contribution in [1.29, 1.82) is 0 Å². The predicted octanol–water partition coefficient (Wildman–Crippen LogP) is 3.79. The van der Waals surface area contributed by atoms with Crippen LogP contribution in [0.2, 0.25) is 0 Å². The second kappa shape index (κ2) is 8.78. The summed E-state index contributed by atoms with van der Waals surface area (Å²) in [6.45, 7) is 6.93. The van der Waals surface area contributed by atoms with Crippen LogP contribution >= 0.6 is 0 Å². The highest BCUT2D eigenvalue weighted by Gasteiger charge is 2.31. The summed E-state index contributed by atoms with van der Waals surface area (Å²) in [5.74, 6) is 1.26. The molecule has 1 atom stereocenters. The Morgan fingerprint density at radius 1 is 1.18 bits per heavy atom. The van der Waals surface area contributed by atoms with Gasteiger partial charge >= 0.3 is 0 Å². The van der Waals surface area contributed by atoms with Gasteiger partial charge in [0, 0.05) is 12.2 Å². The number of hydrogen-bond donors (Lipinski definition) is 1. The molecule has 0 fully saturated rings. The molecule has 3 rings (SSSR count). The Hall–Kier alpha value is -3.02. The van der Waals surface area contributed by atoms with E-state index in [4.69, 9.17) is 9.47 Å². The van der Waals surface area contributed by atoms with Gasteiger partial charge in [-0.1, -0.05) is 19.1 Å². The molecule has 2 aromatic carbocycles. The highest BCUT2D eigenvalue weighted by molar-refractivity contribution is 6.01. The predicted molar refractivity (Wildman–Crippen MR) is 109 cm³/mol. The molecule has 0 aromatic heterocycles. The molecule has 2 amide bonds. The lowest BCUT2D eigenvalue weighted by molar-refractivity contribution is -0.125. The standard InChI is InChI=1S/C22H26N2O4/c1-4-12-24-19-14-17(8-11-20(19)28-15(3)22(24)26)23-21(25)13-16-6-9-18(10-7-16)27-5-2/h6-11,14-15H,4-5,12-13H2,1-3H3,(H,23,25). The zero-order valence-corrected chi connectivity index (χ0v) is 16.5. The van der Waals surface area contributed by atoms with E-state index in [-0.39, 0.29) is 18.2 Å². The van der Waals surface area contributed by atoms with Crippen LogP contribution in [-0.4, -0.2) is 31.1 Å². The van der Waals surface area contributed by atoms with Gasteiger partial charge in [-0.25, -0.2) is 0 Å². The lowest BCUT2D eigenvalue weighted by atomic mass is 10.1. The molecule has 0 spiro atoms. The minimum atomic E-state index is -0.501. The first-order chi connectivity index (χ1) is 13.5. The monoisotopic (exact) mass is 382 g/mol. The Morgan fingerprint density at radius 3 is 2.61 bits per heavy atom. The Balaban J connectivity index is 1.71. The summed E-state index contributed by atoms with van der Waals surface area (Å²) >= 11 is 0. The average molecular weight is 382 g/mol. The molecule has 6 heteroatoms. The van der Waals surface area contributed by atoms with Crippen LogP contribution in [0.5, 0.6) is 11.5 Å². The van der Waals surface area contributed by atoms with Crippen molar-refractivity contribution >= 4 is 23.2 Å². The molecule has 1 N–H and O–H groups in total. The van der Waals surface area contributed by atoms with Gasteiger partial charge in [0.15, 0.2) is 6.10 Å². The van der Waals surface area contributed by atoms with Crippen molar-refractivity contribution in [3.05, 3.63) is 48.0 Å². The lowest BCUT2D eigenvalue weighted by Crippen LogP contribution is -2.44. The van der Waals surface area contributed by atoms with Crippen LogP contribution in [0.1, 0.15) is 32.8 Å². The first-order valence-corrected chi connectivity index (χ1v) is 9.65. The largest absolute Gasteiger partial charge is 0.494 e. The molecule has 0 saturated heterocycles. The summed E-state index contributed by atoms with van der Waals surface area (Å²) in [6.07, 6.45) is 0.597.